The average Bonchev–Trinajstić information content (AvgIpc) is 2.49. The molecule has 0 radical (unpaired) electrons. The van der Waals surface area contributed by atoms with E-state index < -0.39 is 0 Å². The fourth-order valence-corrected chi connectivity index (χ4v) is 3.24. The van der Waals surface area contributed by atoms with Gasteiger partial charge < -0.3 is 15.2 Å². The van der Waals surface area contributed by atoms with E-state index in [0.29, 0.717) is 16.5 Å². The van der Waals surface area contributed by atoms with Crippen molar-refractivity contribution >= 4 is 11.6 Å². The summed E-state index contributed by atoms with van der Waals surface area (Å²) < 4.78 is 10.7. The van der Waals surface area contributed by atoms with Gasteiger partial charge in [-0.05, 0) is 17.4 Å². The molecule has 1 aliphatic carbocycles. The van der Waals surface area contributed by atoms with E-state index in [0.717, 1.165) is 17.5 Å². The summed E-state index contributed by atoms with van der Waals surface area (Å²) in [5.74, 6) is 1.36. The van der Waals surface area contributed by atoms with Crippen LogP contribution in [0, 0.1) is 0 Å². The van der Waals surface area contributed by atoms with Crippen LogP contribution in [-0.2, 0) is 5.41 Å². The molecule has 94 valence electrons. The predicted molar refractivity (Wildman–Crippen MR) is 69.1 cm³/mol. The minimum Gasteiger partial charge on any atom is -0.493 e. The van der Waals surface area contributed by atoms with Gasteiger partial charge in [-0.2, -0.15) is 0 Å². The van der Waals surface area contributed by atoms with E-state index >= 15 is 0 Å². The topological polar surface area (TPSA) is 44.5 Å². The second kappa shape index (κ2) is 4.07. The van der Waals surface area contributed by atoms with Crippen LogP contribution in [0.5, 0.6) is 11.5 Å². The Morgan fingerprint density at radius 2 is 2.00 bits per heavy atom. The maximum atomic E-state index is 6.34. The average molecular weight is 256 g/mol. The molecule has 0 unspecified atom stereocenters. The Labute approximate surface area is 107 Å². The van der Waals surface area contributed by atoms with Gasteiger partial charge in [0, 0.05) is 22.7 Å². The molecule has 0 heterocycles. The third-order valence-electron chi connectivity index (χ3n) is 3.44. The first-order chi connectivity index (χ1) is 7.92. The van der Waals surface area contributed by atoms with Gasteiger partial charge in [0.1, 0.15) is 0 Å². The molecule has 2 rings (SSSR count). The third-order valence-corrected chi connectivity index (χ3v) is 3.73. The minimum absolute atomic E-state index is 0.0224. The molecule has 0 saturated heterocycles. The summed E-state index contributed by atoms with van der Waals surface area (Å²) in [4.78, 5) is 0. The molecule has 4 heteroatoms. The molecule has 17 heavy (non-hydrogen) atoms. The van der Waals surface area contributed by atoms with Gasteiger partial charge in [0.15, 0.2) is 11.5 Å². The molecule has 0 fully saturated rings. The van der Waals surface area contributed by atoms with Crippen molar-refractivity contribution in [1.29, 1.82) is 0 Å². The van der Waals surface area contributed by atoms with Gasteiger partial charge in [0.25, 0.3) is 0 Å². The van der Waals surface area contributed by atoms with Gasteiger partial charge in [-0.25, -0.2) is 0 Å². The second-order valence-electron chi connectivity index (χ2n) is 5.08. The van der Waals surface area contributed by atoms with Crippen LogP contribution < -0.4 is 15.2 Å². The highest BCUT2D eigenvalue weighted by atomic mass is 35.5. The number of benzene rings is 1. The summed E-state index contributed by atoms with van der Waals surface area (Å²) in [5.41, 5.74) is 8.25. The molecule has 0 aromatic heterocycles. The van der Waals surface area contributed by atoms with Crippen molar-refractivity contribution in [3.05, 3.63) is 22.2 Å². The first-order valence-electron chi connectivity index (χ1n) is 5.62. The van der Waals surface area contributed by atoms with Gasteiger partial charge in [-0.1, -0.05) is 25.4 Å². The summed E-state index contributed by atoms with van der Waals surface area (Å²) in [6.07, 6.45) is 0.867. The van der Waals surface area contributed by atoms with Crippen LogP contribution >= 0.6 is 11.6 Å². The van der Waals surface area contributed by atoms with Crippen molar-refractivity contribution in [3.8, 4) is 11.5 Å². The Bertz CT molecular complexity index is 457. The van der Waals surface area contributed by atoms with Crippen molar-refractivity contribution in [2.45, 2.75) is 31.7 Å². The zero-order valence-corrected chi connectivity index (χ0v) is 11.4. The van der Waals surface area contributed by atoms with Crippen LogP contribution in [0.25, 0.3) is 0 Å². The molecule has 1 aromatic carbocycles. The molecule has 1 aliphatic rings. The second-order valence-corrected chi connectivity index (χ2v) is 5.48. The molecular weight excluding hydrogens is 238 g/mol. The zero-order valence-electron chi connectivity index (χ0n) is 10.6. The van der Waals surface area contributed by atoms with E-state index in [-0.39, 0.29) is 11.5 Å². The van der Waals surface area contributed by atoms with Crippen molar-refractivity contribution in [2.24, 2.45) is 5.73 Å². The summed E-state index contributed by atoms with van der Waals surface area (Å²) in [5, 5.41) is 0.704. The number of hydrogen-bond donors (Lipinski definition) is 1. The predicted octanol–water partition coefficient (Wildman–Crippen LogP) is 3.04. The van der Waals surface area contributed by atoms with E-state index in [2.05, 4.69) is 13.8 Å². The standard InChI is InChI=1S/C13H18ClNO2/c1-13(2)6-8(15)10-11(13)7(14)5-9(16-3)12(10)17-4/h5,8H,6,15H2,1-4H3/t8-/m1/s1. The molecule has 3 nitrogen and oxygen atoms in total. The zero-order chi connectivity index (χ0) is 12.8. The largest absolute Gasteiger partial charge is 0.493 e. The van der Waals surface area contributed by atoms with Crippen LogP contribution in [0.4, 0.5) is 0 Å². The molecule has 0 saturated carbocycles. The maximum absolute atomic E-state index is 6.34. The van der Waals surface area contributed by atoms with Gasteiger partial charge in [-0.3, -0.25) is 0 Å². The quantitative estimate of drug-likeness (QED) is 0.884. The highest BCUT2D eigenvalue weighted by molar-refractivity contribution is 6.32. The number of nitrogens with two attached hydrogens (primary N) is 1. The SMILES string of the molecule is COc1cc(Cl)c2c(c1OC)[C@H](N)CC2(C)C. The number of methoxy groups -OCH3 is 2. The van der Waals surface area contributed by atoms with E-state index in [4.69, 9.17) is 26.8 Å². The summed E-state index contributed by atoms with van der Waals surface area (Å²) in [6, 6.07) is 1.75. The summed E-state index contributed by atoms with van der Waals surface area (Å²) >= 11 is 6.34. The lowest BCUT2D eigenvalue weighted by Gasteiger charge is -2.21. The Morgan fingerprint density at radius 3 is 2.53 bits per heavy atom. The molecule has 2 N–H and O–H groups in total. The van der Waals surface area contributed by atoms with E-state index in [1.165, 1.54) is 0 Å². The van der Waals surface area contributed by atoms with Gasteiger partial charge in [-0.15, -0.1) is 0 Å². The summed E-state index contributed by atoms with van der Waals surface area (Å²) in [6.45, 7) is 4.30. The van der Waals surface area contributed by atoms with Crippen molar-refractivity contribution in [1.82, 2.24) is 0 Å². The first-order valence-corrected chi connectivity index (χ1v) is 6.00. The molecule has 0 bridgehead atoms. The molecule has 0 spiro atoms. The first kappa shape index (κ1) is 12.5. The fraction of sp³-hybridized carbons (Fsp3) is 0.538. The minimum atomic E-state index is -0.0532. The Kier molecular flexibility index (Phi) is 3.00. The number of fused-ring (bicyclic) bond motifs is 1. The van der Waals surface area contributed by atoms with Crippen LogP contribution in [0.3, 0.4) is 0 Å². The summed E-state index contributed by atoms with van der Waals surface area (Å²) in [7, 11) is 3.23. The molecule has 1 atom stereocenters. The van der Waals surface area contributed by atoms with E-state index in [9.17, 15) is 0 Å². The third kappa shape index (κ3) is 1.78. The van der Waals surface area contributed by atoms with Gasteiger partial charge in [0.2, 0.25) is 0 Å². The number of hydrogen-bond acceptors (Lipinski definition) is 3. The molecular formula is C13H18ClNO2. The highest BCUT2D eigenvalue weighted by Crippen LogP contribution is 2.53. The van der Waals surface area contributed by atoms with Crippen molar-refractivity contribution < 1.29 is 9.47 Å². The number of ether oxygens (including phenoxy) is 2. The van der Waals surface area contributed by atoms with E-state index in [1.807, 2.05) is 0 Å². The van der Waals surface area contributed by atoms with E-state index in [1.54, 1.807) is 20.3 Å². The Balaban J connectivity index is 2.76. The monoisotopic (exact) mass is 255 g/mol. The lowest BCUT2D eigenvalue weighted by atomic mass is 9.86. The smallest absolute Gasteiger partial charge is 0.165 e. The van der Waals surface area contributed by atoms with Crippen LogP contribution in [0.15, 0.2) is 6.07 Å². The lowest BCUT2D eigenvalue weighted by Crippen LogP contribution is -2.14. The van der Waals surface area contributed by atoms with Crippen molar-refractivity contribution in [2.75, 3.05) is 14.2 Å². The van der Waals surface area contributed by atoms with Crippen LogP contribution in [0.2, 0.25) is 5.02 Å². The normalized spacial score (nSPS) is 21.2. The van der Waals surface area contributed by atoms with Gasteiger partial charge >= 0.3 is 0 Å². The molecule has 0 amide bonds. The molecule has 0 aliphatic heterocycles. The Morgan fingerprint density at radius 1 is 1.35 bits per heavy atom. The highest BCUT2D eigenvalue weighted by Gasteiger charge is 2.40. The fourth-order valence-electron chi connectivity index (χ4n) is 2.79. The van der Waals surface area contributed by atoms with Crippen LogP contribution in [0.1, 0.15) is 37.4 Å². The van der Waals surface area contributed by atoms with Crippen molar-refractivity contribution in [3.63, 3.8) is 0 Å². The molecule has 1 aromatic rings. The van der Waals surface area contributed by atoms with Gasteiger partial charge in [0.05, 0.1) is 14.2 Å². The Hall–Kier alpha value is -0.930. The number of halogens is 1. The lowest BCUT2D eigenvalue weighted by molar-refractivity contribution is 0.350. The maximum Gasteiger partial charge on any atom is 0.165 e. The van der Waals surface area contributed by atoms with Crippen LogP contribution in [-0.4, -0.2) is 14.2 Å². The number of rotatable bonds is 2.